The second-order valence-electron chi connectivity index (χ2n) is 5.85. The van der Waals surface area contributed by atoms with E-state index in [1.165, 1.54) is 25.7 Å². The Labute approximate surface area is 102 Å². The zero-order chi connectivity index (χ0) is 11.8. The first kappa shape index (κ1) is 11.5. The molecule has 0 aromatic heterocycles. The predicted molar refractivity (Wildman–Crippen MR) is 62.8 cm³/mol. The van der Waals surface area contributed by atoms with Gasteiger partial charge in [-0.15, -0.1) is 0 Å². The molecule has 1 saturated heterocycles. The van der Waals surface area contributed by atoms with E-state index in [2.05, 4.69) is 5.32 Å². The largest absolute Gasteiger partial charge is 0.479 e. The van der Waals surface area contributed by atoms with Crippen LogP contribution in [0.3, 0.4) is 0 Å². The van der Waals surface area contributed by atoms with E-state index in [-0.39, 0.29) is 6.10 Å². The molecule has 0 radical (unpaired) electrons. The number of carboxylic acid groups (broad SMARTS) is 1. The molecule has 3 rings (SSSR count). The number of hydrogen-bond donors (Lipinski definition) is 2. The highest BCUT2D eigenvalue weighted by molar-refractivity contribution is 5.72. The normalized spacial score (nSPS) is 44.4. The molecule has 5 atom stereocenters. The summed E-state index contributed by atoms with van der Waals surface area (Å²) in [5.74, 6) is 1.01. The maximum Gasteiger partial charge on any atom is 0.332 e. The monoisotopic (exact) mass is 239 g/mol. The lowest BCUT2D eigenvalue weighted by atomic mass is 9.95. The summed E-state index contributed by atoms with van der Waals surface area (Å²) < 4.78 is 5.50. The summed E-state index contributed by atoms with van der Waals surface area (Å²) in [7, 11) is 0. The number of nitrogens with one attached hydrogen (secondary N) is 1. The van der Waals surface area contributed by atoms with Gasteiger partial charge in [-0.1, -0.05) is 6.42 Å². The van der Waals surface area contributed by atoms with E-state index in [4.69, 9.17) is 9.84 Å². The summed E-state index contributed by atoms with van der Waals surface area (Å²) in [5.41, 5.74) is 0. The van der Waals surface area contributed by atoms with Crippen LogP contribution in [0.5, 0.6) is 0 Å². The fraction of sp³-hybridized carbons (Fsp3) is 0.923. The van der Waals surface area contributed by atoms with Gasteiger partial charge in [-0.05, 0) is 43.9 Å². The van der Waals surface area contributed by atoms with Crippen molar-refractivity contribution < 1.29 is 14.6 Å². The molecule has 2 N–H and O–H groups in total. The zero-order valence-electron chi connectivity index (χ0n) is 10.1. The third-order valence-electron chi connectivity index (χ3n) is 4.73. The van der Waals surface area contributed by atoms with Gasteiger partial charge in [0, 0.05) is 12.6 Å². The molecule has 4 nitrogen and oxygen atoms in total. The predicted octanol–water partition coefficient (Wildman–Crippen LogP) is 1.40. The van der Waals surface area contributed by atoms with Crippen LogP contribution in [0.2, 0.25) is 0 Å². The molecule has 3 aliphatic rings. The lowest BCUT2D eigenvalue weighted by molar-refractivity contribution is -0.149. The highest BCUT2D eigenvalue weighted by atomic mass is 16.5. The van der Waals surface area contributed by atoms with Crippen molar-refractivity contribution in [2.24, 2.45) is 11.8 Å². The molecule has 1 aliphatic heterocycles. The van der Waals surface area contributed by atoms with Crippen molar-refractivity contribution in [3.05, 3.63) is 0 Å². The second kappa shape index (κ2) is 4.58. The fourth-order valence-corrected chi connectivity index (χ4v) is 3.82. The molecule has 96 valence electrons. The topological polar surface area (TPSA) is 58.6 Å². The van der Waals surface area contributed by atoms with E-state index in [9.17, 15) is 4.79 Å². The Morgan fingerprint density at radius 2 is 2.12 bits per heavy atom. The van der Waals surface area contributed by atoms with Crippen LogP contribution in [0.25, 0.3) is 0 Å². The smallest absolute Gasteiger partial charge is 0.332 e. The van der Waals surface area contributed by atoms with E-state index >= 15 is 0 Å². The summed E-state index contributed by atoms with van der Waals surface area (Å²) in [5, 5.41) is 12.4. The molecule has 0 aromatic rings. The zero-order valence-corrected chi connectivity index (χ0v) is 10.1. The first-order valence-corrected chi connectivity index (χ1v) is 6.84. The number of rotatable bonds is 4. The van der Waals surface area contributed by atoms with Crippen molar-refractivity contribution in [3.63, 3.8) is 0 Å². The molecule has 2 saturated carbocycles. The Kier molecular flexibility index (Phi) is 3.09. The summed E-state index contributed by atoms with van der Waals surface area (Å²) in [6, 6.07) is 0.668. The molecular weight excluding hydrogens is 218 g/mol. The minimum absolute atomic E-state index is 0.107. The standard InChI is InChI=1S/C13H21NO3/c15-13(16)12-4-3-10(17-12)7-14-11-6-8-1-2-9(11)5-8/h8-12,14H,1-7H2,(H,15,16). The number of aliphatic carboxylic acids is 1. The number of carbonyl (C=O) groups is 1. The lowest BCUT2D eigenvalue weighted by Gasteiger charge is -2.24. The Morgan fingerprint density at radius 3 is 2.71 bits per heavy atom. The van der Waals surface area contributed by atoms with Crippen molar-refractivity contribution in [2.75, 3.05) is 6.54 Å². The van der Waals surface area contributed by atoms with Gasteiger partial charge >= 0.3 is 5.97 Å². The van der Waals surface area contributed by atoms with Gasteiger partial charge in [-0.25, -0.2) is 4.79 Å². The minimum atomic E-state index is -0.813. The van der Waals surface area contributed by atoms with Gasteiger partial charge in [0.2, 0.25) is 0 Å². The van der Waals surface area contributed by atoms with E-state index in [1.54, 1.807) is 0 Å². The van der Waals surface area contributed by atoms with Crippen LogP contribution >= 0.6 is 0 Å². The molecule has 5 unspecified atom stereocenters. The van der Waals surface area contributed by atoms with Crippen molar-refractivity contribution >= 4 is 5.97 Å². The average Bonchev–Trinajstić information content (AvgIpc) is 3.02. The van der Waals surface area contributed by atoms with Crippen molar-refractivity contribution in [3.8, 4) is 0 Å². The fourth-order valence-electron chi connectivity index (χ4n) is 3.82. The highest BCUT2D eigenvalue weighted by Crippen LogP contribution is 2.44. The van der Waals surface area contributed by atoms with Crippen LogP contribution in [-0.2, 0) is 9.53 Å². The molecule has 0 spiro atoms. The summed E-state index contributed by atoms with van der Waals surface area (Å²) in [6.07, 6.45) is 6.61. The van der Waals surface area contributed by atoms with E-state index in [1.807, 2.05) is 0 Å². The van der Waals surface area contributed by atoms with Crippen molar-refractivity contribution in [1.29, 1.82) is 0 Å². The number of fused-ring (bicyclic) bond motifs is 2. The Bertz CT molecular complexity index is 307. The first-order valence-electron chi connectivity index (χ1n) is 6.84. The molecule has 0 amide bonds. The molecule has 3 fully saturated rings. The lowest BCUT2D eigenvalue weighted by Crippen LogP contribution is -2.39. The number of ether oxygens (including phenoxy) is 1. The van der Waals surface area contributed by atoms with Crippen LogP contribution in [-0.4, -0.2) is 35.9 Å². The van der Waals surface area contributed by atoms with Gasteiger partial charge in [0.25, 0.3) is 0 Å². The third kappa shape index (κ3) is 2.33. The number of carboxylic acids is 1. The SMILES string of the molecule is O=C(O)C1CCC(CNC2CC3CCC2C3)O1. The van der Waals surface area contributed by atoms with Gasteiger partial charge in [0.1, 0.15) is 0 Å². The summed E-state index contributed by atoms with van der Waals surface area (Å²) >= 11 is 0. The second-order valence-corrected chi connectivity index (χ2v) is 5.85. The van der Waals surface area contributed by atoms with Crippen LogP contribution in [0.15, 0.2) is 0 Å². The Morgan fingerprint density at radius 1 is 1.24 bits per heavy atom. The van der Waals surface area contributed by atoms with E-state index in [0.717, 1.165) is 24.8 Å². The van der Waals surface area contributed by atoms with Gasteiger partial charge in [0.05, 0.1) is 6.10 Å². The van der Waals surface area contributed by atoms with Crippen LogP contribution in [0.1, 0.15) is 38.5 Å². The molecule has 2 aliphatic carbocycles. The molecular formula is C13H21NO3. The quantitative estimate of drug-likeness (QED) is 0.778. The average molecular weight is 239 g/mol. The Balaban J connectivity index is 1.42. The first-order chi connectivity index (χ1) is 8.22. The van der Waals surface area contributed by atoms with Gasteiger partial charge in [-0.3, -0.25) is 0 Å². The molecule has 0 aromatic carbocycles. The maximum absolute atomic E-state index is 10.8. The van der Waals surface area contributed by atoms with Crippen LogP contribution in [0.4, 0.5) is 0 Å². The molecule has 17 heavy (non-hydrogen) atoms. The summed E-state index contributed by atoms with van der Waals surface area (Å²) in [6.45, 7) is 0.831. The molecule has 1 heterocycles. The van der Waals surface area contributed by atoms with E-state index < -0.39 is 12.1 Å². The third-order valence-corrected chi connectivity index (χ3v) is 4.73. The Hall–Kier alpha value is -0.610. The molecule has 4 heteroatoms. The highest BCUT2D eigenvalue weighted by Gasteiger charge is 2.39. The van der Waals surface area contributed by atoms with Crippen LogP contribution in [0, 0.1) is 11.8 Å². The molecule has 2 bridgehead atoms. The maximum atomic E-state index is 10.8. The van der Waals surface area contributed by atoms with Gasteiger partial charge in [0.15, 0.2) is 6.10 Å². The van der Waals surface area contributed by atoms with Gasteiger partial charge in [-0.2, -0.15) is 0 Å². The van der Waals surface area contributed by atoms with Gasteiger partial charge < -0.3 is 15.2 Å². The van der Waals surface area contributed by atoms with Crippen molar-refractivity contribution in [1.82, 2.24) is 5.32 Å². The van der Waals surface area contributed by atoms with Crippen LogP contribution < -0.4 is 5.32 Å². The summed E-state index contributed by atoms with van der Waals surface area (Å²) in [4.78, 5) is 10.8. The van der Waals surface area contributed by atoms with Crippen molar-refractivity contribution in [2.45, 2.75) is 56.8 Å². The minimum Gasteiger partial charge on any atom is -0.479 e. The van der Waals surface area contributed by atoms with E-state index in [0.29, 0.717) is 12.5 Å². The number of hydrogen-bond acceptors (Lipinski definition) is 3.